The Bertz CT molecular complexity index is 386. The minimum Gasteiger partial charge on any atom is -0.468 e. The van der Waals surface area contributed by atoms with Crippen LogP contribution >= 0.6 is 0 Å². The van der Waals surface area contributed by atoms with E-state index in [-0.39, 0.29) is 0 Å². The fourth-order valence-corrected chi connectivity index (χ4v) is 3.80. The van der Waals surface area contributed by atoms with E-state index in [1.807, 2.05) is 6.07 Å². The highest BCUT2D eigenvalue weighted by molar-refractivity contribution is 5.16. The lowest BCUT2D eigenvalue weighted by molar-refractivity contribution is 0.0492. The fourth-order valence-electron chi connectivity index (χ4n) is 3.80. The second-order valence-corrected chi connectivity index (χ2v) is 5.80. The fraction of sp³-hybridized carbons (Fsp3) is 0.733. The van der Waals surface area contributed by atoms with E-state index in [0.717, 1.165) is 24.3 Å². The van der Waals surface area contributed by atoms with Crippen molar-refractivity contribution in [1.82, 2.24) is 4.90 Å². The van der Waals surface area contributed by atoms with Crippen LogP contribution in [-0.4, -0.2) is 17.5 Å². The second-order valence-electron chi connectivity index (χ2n) is 5.80. The molecule has 100 valence electrons. The predicted molar refractivity (Wildman–Crippen MR) is 72.0 cm³/mol. The normalized spacial score (nSPS) is 29.2. The molecule has 1 saturated heterocycles. The summed E-state index contributed by atoms with van der Waals surface area (Å²) in [5.74, 6) is 2.02. The third kappa shape index (κ3) is 2.34. The highest BCUT2D eigenvalue weighted by atomic mass is 16.3. The summed E-state index contributed by atoms with van der Waals surface area (Å²) in [7, 11) is 0. The zero-order valence-electron chi connectivity index (χ0n) is 11.1. The summed E-state index contributed by atoms with van der Waals surface area (Å²) in [5, 5.41) is 0. The van der Waals surface area contributed by atoms with Gasteiger partial charge in [-0.25, -0.2) is 0 Å². The molecular weight excluding hydrogens is 224 g/mol. The Balaban J connectivity index is 1.71. The molecule has 2 fully saturated rings. The van der Waals surface area contributed by atoms with Crippen molar-refractivity contribution in [2.24, 2.45) is 11.7 Å². The van der Waals surface area contributed by atoms with E-state index < -0.39 is 0 Å². The van der Waals surface area contributed by atoms with Crippen LogP contribution in [0.5, 0.6) is 0 Å². The van der Waals surface area contributed by atoms with Crippen LogP contribution in [0.15, 0.2) is 16.7 Å². The zero-order valence-corrected chi connectivity index (χ0v) is 11.1. The first-order valence-corrected chi connectivity index (χ1v) is 7.38. The van der Waals surface area contributed by atoms with Gasteiger partial charge in [-0.2, -0.15) is 0 Å². The first-order valence-electron chi connectivity index (χ1n) is 7.38. The molecule has 1 aromatic rings. The zero-order chi connectivity index (χ0) is 12.4. The lowest BCUT2D eigenvalue weighted by Gasteiger charge is -2.43. The van der Waals surface area contributed by atoms with Gasteiger partial charge in [-0.15, -0.1) is 0 Å². The summed E-state index contributed by atoms with van der Waals surface area (Å²) in [5.41, 5.74) is 6.93. The molecule has 1 saturated carbocycles. The molecule has 3 heteroatoms. The van der Waals surface area contributed by atoms with E-state index in [2.05, 4.69) is 4.90 Å². The lowest BCUT2D eigenvalue weighted by atomic mass is 9.78. The van der Waals surface area contributed by atoms with Gasteiger partial charge in [0.25, 0.3) is 0 Å². The molecule has 2 atom stereocenters. The standard InChI is InChI=1S/C15H24N2O/c16-10-13-7-9-18-15(13)11-17-8-3-5-12-4-1-2-6-14(12)17/h7,9,12,14H,1-6,8,10-11,16H2. The average molecular weight is 248 g/mol. The monoisotopic (exact) mass is 248 g/mol. The molecule has 18 heavy (non-hydrogen) atoms. The molecule has 3 nitrogen and oxygen atoms in total. The third-order valence-corrected chi connectivity index (χ3v) is 4.76. The Morgan fingerprint density at radius 3 is 2.94 bits per heavy atom. The minimum atomic E-state index is 0.591. The van der Waals surface area contributed by atoms with E-state index in [4.69, 9.17) is 10.2 Å². The molecule has 0 spiro atoms. The van der Waals surface area contributed by atoms with Gasteiger partial charge in [0.15, 0.2) is 0 Å². The summed E-state index contributed by atoms with van der Waals surface area (Å²) in [6, 6.07) is 2.81. The minimum absolute atomic E-state index is 0.591. The Kier molecular flexibility index (Phi) is 3.71. The van der Waals surface area contributed by atoms with Crippen LogP contribution in [-0.2, 0) is 13.1 Å². The van der Waals surface area contributed by atoms with Crippen molar-refractivity contribution >= 4 is 0 Å². The lowest BCUT2D eigenvalue weighted by Crippen LogP contribution is -2.46. The van der Waals surface area contributed by atoms with Gasteiger partial charge in [0.1, 0.15) is 5.76 Å². The molecule has 0 aromatic carbocycles. The van der Waals surface area contributed by atoms with Gasteiger partial charge in [-0.1, -0.05) is 12.8 Å². The summed E-state index contributed by atoms with van der Waals surface area (Å²) >= 11 is 0. The number of nitrogens with zero attached hydrogens (tertiary/aromatic N) is 1. The van der Waals surface area contributed by atoms with E-state index in [0.29, 0.717) is 6.54 Å². The summed E-state index contributed by atoms with van der Waals surface area (Å²) in [4.78, 5) is 2.64. The predicted octanol–water partition coefficient (Wildman–Crippen LogP) is 2.89. The van der Waals surface area contributed by atoms with Crippen molar-refractivity contribution in [1.29, 1.82) is 0 Å². The third-order valence-electron chi connectivity index (χ3n) is 4.76. The second kappa shape index (κ2) is 5.45. The van der Waals surface area contributed by atoms with Gasteiger partial charge in [0, 0.05) is 18.2 Å². The average Bonchev–Trinajstić information content (AvgIpc) is 2.86. The maximum Gasteiger partial charge on any atom is 0.122 e. The number of likely N-dealkylation sites (tertiary alicyclic amines) is 1. The van der Waals surface area contributed by atoms with E-state index in [1.54, 1.807) is 6.26 Å². The first-order chi connectivity index (χ1) is 8.88. The van der Waals surface area contributed by atoms with Gasteiger partial charge < -0.3 is 10.2 Å². The molecular formula is C15H24N2O. The number of rotatable bonds is 3. The molecule has 2 unspecified atom stereocenters. The summed E-state index contributed by atoms with van der Waals surface area (Å²) in [6.45, 7) is 2.78. The van der Waals surface area contributed by atoms with Crippen LogP contribution in [0.3, 0.4) is 0 Å². The maximum absolute atomic E-state index is 5.75. The molecule has 1 aliphatic heterocycles. The quantitative estimate of drug-likeness (QED) is 0.894. The molecule has 0 radical (unpaired) electrons. The van der Waals surface area contributed by atoms with Crippen molar-refractivity contribution in [3.63, 3.8) is 0 Å². The number of piperidine rings is 1. The highest BCUT2D eigenvalue weighted by Crippen LogP contribution is 2.36. The maximum atomic E-state index is 5.75. The molecule has 2 heterocycles. The van der Waals surface area contributed by atoms with Gasteiger partial charge in [0.2, 0.25) is 0 Å². The van der Waals surface area contributed by atoms with Crippen LogP contribution in [0.1, 0.15) is 49.8 Å². The van der Waals surface area contributed by atoms with Crippen LogP contribution in [0.25, 0.3) is 0 Å². The van der Waals surface area contributed by atoms with Crippen molar-refractivity contribution in [3.8, 4) is 0 Å². The van der Waals surface area contributed by atoms with Crippen molar-refractivity contribution < 1.29 is 4.42 Å². The molecule has 3 rings (SSSR count). The molecule has 2 aliphatic rings. The van der Waals surface area contributed by atoms with Crippen molar-refractivity contribution in [2.75, 3.05) is 6.54 Å². The van der Waals surface area contributed by atoms with Crippen LogP contribution in [0.2, 0.25) is 0 Å². The Morgan fingerprint density at radius 1 is 1.22 bits per heavy atom. The largest absolute Gasteiger partial charge is 0.468 e. The first kappa shape index (κ1) is 12.2. The van der Waals surface area contributed by atoms with E-state index >= 15 is 0 Å². The van der Waals surface area contributed by atoms with Crippen molar-refractivity contribution in [2.45, 2.75) is 57.7 Å². The number of furan rings is 1. The molecule has 1 aliphatic carbocycles. The number of nitrogens with two attached hydrogens (primary N) is 1. The number of hydrogen-bond donors (Lipinski definition) is 1. The highest BCUT2D eigenvalue weighted by Gasteiger charge is 2.33. The van der Waals surface area contributed by atoms with E-state index in [9.17, 15) is 0 Å². The number of hydrogen-bond acceptors (Lipinski definition) is 3. The van der Waals surface area contributed by atoms with Crippen LogP contribution in [0, 0.1) is 5.92 Å². The Morgan fingerprint density at radius 2 is 2.06 bits per heavy atom. The summed E-state index contributed by atoms with van der Waals surface area (Å²) < 4.78 is 5.62. The van der Waals surface area contributed by atoms with Gasteiger partial charge >= 0.3 is 0 Å². The smallest absolute Gasteiger partial charge is 0.122 e. The SMILES string of the molecule is NCc1ccoc1CN1CCCC2CCCCC21. The molecule has 0 bridgehead atoms. The van der Waals surface area contributed by atoms with Gasteiger partial charge in [-0.3, -0.25) is 4.90 Å². The number of fused-ring (bicyclic) bond motifs is 1. The molecule has 2 N–H and O–H groups in total. The molecule has 1 aromatic heterocycles. The Hall–Kier alpha value is -0.800. The van der Waals surface area contributed by atoms with Gasteiger partial charge in [0.05, 0.1) is 12.8 Å². The van der Waals surface area contributed by atoms with E-state index in [1.165, 1.54) is 50.6 Å². The van der Waals surface area contributed by atoms with Crippen molar-refractivity contribution in [3.05, 3.63) is 23.7 Å². The van der Waals surface area contributed by atoms with Gasteiger partial charge in [-0.05, 0) is 44.2 Å². The van der Waals surface area contributed by atoms with Crippen LogP contribution < -0.4 is 5.73 Å². The topological polar surface area (TPSA) is 42.4 Å². The Labute approximate surface area is 109 Å². The summed E-state index contributed by atoms with van der Waals surface area (Å²) in [6.07, 6.45) is 10.2. The van der Waals surface area contributed by atoms with Crippen LogP contribution in [0.4, 0.5) is 0 Å². The molecule has 0 amide bonds.